The number of halogens is 3. The second-order valence-corrected chi connectivity index (χ2v) is 12.1. The minimum absolute atomic E-state index is 0.0600. The molecular weight excluding hydrogens is 576 g/mol. The molecule has 2 amide bonds. The Morgan fingerprint density at radius 3 is 2.25 bits per heavy atom. The average molecular weight is 609 g/mol. The van der Waals surface area contributed by atoms with E-state index in [2.05, 4.69) is 5.32 Å². The number of hydrogen-bond acceptors (Lipinski definition) is 4. The Kier molecular flexibility index (Phi) is 11.0. The number of nitrogens with zero attached hydrogens (tertiary/aromatic N) is 2. The quantitative estimate of drug-likeness (QED) is 0.257. The van der Waals surface area contributed by atoms with Crippen LogP contribution in [0.3, 0.4) is 0 Å². The molecule has 7 nitrogen and oxygen atoms in total. The van der Waals surface area contributed by atoms with Crippen LogP contribution in [0, 0.1) is 12.7 Å². The number of benzene rings is 3. The molecule has 3 aromatic carbocycles. The fourth-order valence-electron chi connectivity index (χ4n) is 3.93. The highest BCUT2D eigenvalue weighted by Gasteiger charge is 2.32. The van der Waals surface area contributed by atoms with Crippen molar-refractivity contribution in [2.24, 2.45) is 0 Å². The maximum Gasteiger partial charge on any atom is 0.264 e. The van der Waals surface area contributed by atoms with Gasteiger partial charge in [-0.2, -0.15) is 0 Å². The minimum atomic E-state index is -4.29. The fraction of sp³-hybridized carbons (Fsp3) is 0.310. The third-order valence-corrected chi connectivity index (χ3v) is 8.73. The summed E-state index contributed by atoms with van der Waals surface area (Å²) < 4.78 is 42.0. The van der Waals surface area contributed by atoms with E-state index in [4.69, 9.17) is 23.2 Å². The monoisotopic (exact) mass is 607 g/mol. The molecule has 0 radical (unpaired) electrons. The van der Waals surface area contributed by atoms with Crippen molar-refractivity contribution in [2.75, 3.05) is 17.4 Å². The van der Waals surface area contributed by atoms with E-state index >= 15 is 0 Å². The molecule has 0 aliphatic carbocycles. The van der Waals surface area contributed by atoms with Crippen molar-refractivity contribution in [1.29, 1.82) is 0 Å². The third-order valence-electron chi connectivity index (χ3n) is 6.36. The van der Waals surface area contributed by atoms with E-state index in [1.807, 2.05) is 13.8 Å². The first kappa shape index (κ1) is 31.4. The second kappa shape index (κ2) is 14.0. The van der Waals surface area contributed by atoms with Crippen LogP contribution >= 0.6 is 23.2 Å². The van der Waals surface area contributed by atoms with E-state index in [1.54, 1.807) is 43.3 Å². The summed E-state index contributed by atoms with van der Waals surface area (Å²) in [5.41, 5.74) is 1.68. The second-order valence-electron chi connectivity index (χ2n) is 9.38. The molecule has 3 aromatic rings. The highest BCUT2D eigenvalue weighted by molar-refractivity contribution is 7.92. The van der Waals surface area contributed by atoms with Crippen LogP contribution in [0.1, 0.15) is 37.8 Å². The van der Waals surface area contributed by atoms with E-state index in [1.165, 1.54) is 11.0 Å². The van der Waals surface area contributed by atoms with Crippen LogP contribution in [0.5, 0.6) is 0 Å². The number of nitrogens with one attached hydrogen (secondary N) is 1. The number of aryl methyl sites for hydroxylation is 1. The van der Waals surface area contributed by atoms with Gasteiger partial charge < -0.3 is 10.2 Å². The summed E-state index contributed by atoms with van der Waals surface area (Å²) >= 11 is 12.4. The lowest BCUT2D eigenvalue weighted by atomic mass is 10.1. The van der Waals surface area contributed by atoms with Crippen LogP contribution in [0.2, 0.25) is 10.0 Å². The molecule has 1 N–H and O–H groups in total. The molecule has 0 heterocycles. The van der Waals surface area contributed by atoms with Crippen molar-refractivity contribution in [2.45, 2.75) is 51.1 Å². The topological polar surface area (TPSA) is 86.8 Å². The first-order chi connectivity index (χ1) is 18.9. The zero-order valence-electron chi connectivity index (χ0n) is 22.5. The van der Waals surface area contributed by atoms with Crippen LogP contribution < -0.4 is 9.62 Å². The minimum Gasteiger partial charge on any atom is -0.354 e. The van der Waals surface area contributed by atoms with Crippen LogP contribution in [-0.2, 0) is 26.2 Å². The lowest BCUT2D eigenvalue weighted by Gasteiger charge is -2.32. The van der Waals surface area contributed by atoms with Gasteiger partial charge in [-0.25, -0.2) is 12.8 Å². The molecule has 3 rings (SSSR count). The molecule has 0 saturated heterocycles. The first-order valence-electron chi connectivity index (χ1n) is 12.8. The maximum atomic E-state index is 13.9. The lowest BCUT2D eigenvalue weighted by molar-refractivity contribution is -0.139. The highest BCUT2D eigenvalue weighted by Crippen LogP contribution is 2.27. The van der Waals surface area contributed by atoms with Crippen LogP contribution in [0.4, 0.5) is 10.1 Å². The van der Waals surface area contributed by atoms with Crippen LogP contribution in [0.25, 0.3) is 0 Å². The summed E-state index contributed by atoms with van der Waals surface area (Å²) in [6, 6.07) is 14.9. The number of carbonyl (C=O) groups is 2. The van der Waals surface area contributed by atoms with Crippen molar-refractivity contribution < 1.29 is 22.4 Å². The lowest BCUT2D eigenvalue weighted by Crippen LogP contribution is -2.51. The van der Waals surface area contributed by atoms with Crippen molar-refractivity contribution in [3.8, 4) is 0 Å². The SMILES string of the molecule is CCCCNC(=O)[C@H](C)N(Cc1ccc(Cl)cc1Cl)C(=O)CN(c1ccc(C)cc1)S(=O)(=O)c1ccc(F)cc1. The van der Waals surface area contributed by atoms with Gasteiger partial charge in [-0.15, -0.1) is 0 Å². The van der Waals surface area contributed by atoms with Gasteiger partial charge in [0, 0.05) is 23.1 Å². The molecule has 0 unspecified atom stereocenters. The summed E-state index contributed by atoms with van der Waals surface area (Å²) in [5.74, 6) is -1.60. The van der Waals surface area contributed by atoms with E-state index < -0.39 is 34.3 Å². The predicted molar refractivity (Wildman–Crippen MR) is 157 cm³/mol. The average Bonchev–Trinajstić information content (AvgIpc) is 2.91. The molecule has 214 valence electrons. The number of rotatable bonds is 12. The molecular formula is C29H32Cl2FN3O4S. The fourth-order valence-corrected chi connectivity index (χ4v) is 5.81. The molecule has 40 heavy (non-hydrogen) atoms. The molecule has 0 bridgehead atoms. The largest absolute Gasteiger partial charge is 0.354 e. The Bertz CT molecular complexity index is 1430. The number of amides is 2. The molecule has 0 aliphatic rings. The van der Waals surface area contributed by atoms with Crippen molar-refractivity contribution >= 4 is 50.7 Å². The molecule has 1 atom stereocenters. The Labute approximate surface area is 244 Å². The standard InChI is InChI=1S/C29H32Cl2FN3O4S/c1-4-5-16-33-29(37)21(3)34(18-22-8-9-23(30)17-27(22)31)28(36)19-35(25-12-6-20(2)7-13-25)40(38,39)26-14-10-24(32)11-15-26/h6-15,17,21H,4-5,16,18-19H2,1-3H3,(H,33,37)/t21-/m0/s1. The Hall–Kier alpha value is -3.14. The molecule has 0 aliphatic heterocycles. The zero-order valence-corrected chi connectivity index (χ0v) is 24.9. The summed E-state index contributed by atoms with van der Waals surface area (Å²) in [7, 11) is -4.29. The van der Waals surface area contributed by atoms with Gasteiger partial charge >= 0.3 is 0 Å². The van der Waals surface area contributed by atoms with Gasteiger partial charge in [0.25, 0.3) is 10.0 Å². The Morgan fingerprint density at radius 1 is 1.00 bits per heavy atom. The number of sulfonamides is 1. The van der Waals surface area contributed by atoms with Gasteiger partial charge in [0.2, 0.25) is 11.8 Å². The van der Waals surface area contributed by atoms with Crippen molar-refractivity contribution in [3.05, 3.63) is 93.7 Å². The normalized spacial score (nSPS) is 12.1. The summed E-state index contributed by atoms with van der Waals surface area (Å²) in [4.78, 5) is 28.0. The van der Waals surface area contributed by atoms with Gasteiger partial charge in [0.1, 0.15) is 18.4 Å². The summed E-state index contributed by atoms with van der Waals surface area (Å²) in [6.45, 7) is 5.20. The molecule has 0 fully saturated rings. The Balaban J connectivity index is 2.01. The van der Waals surface area contributed by atoms with E-state index in [0.717, 1.165) is 47.0 Å². The summed E-state index contributed by atoms with van der Waals surface area (Å²) in [5, 5.41) is 3.54. The van der Waals surface area contributed by atoms with Gasteiger partial charge in [0.05, 0.1) is 10.6 Å². The summed E-state index contributed by atoms with van der Waals surface area (Å²) in [6.07, 6.45) is 1.65. The molecule has 11 heteroatoms. The van der Waals surface area contributed by atoms with Crippen molar-refractivity contribution in [1.82, 2.24) is 10.2 Å². The van der Waals surface area contributed by atoms with E-state index in [9.17, 15) is 22.4 Å². The van der Waals surface area contributed by atoms with E-state index in [-0.39, 0.29) is 23.0 Å². The predicted octanol–water partition coefficient (Wildman–Crippen LogP) is 5.97. The Morgan fingerprint density at radius 2 is 1.65 bits per heavy atom. The van der Waals surface area contributed by atoms with Crippen LogP contribution in [0.15, 0.2) is 71.6 Å². The smallest absolute Gasteiger partial charge is 0.264 e. The number of hydrogen-bond donors (Lipinski definition) is 1. The molecule has 0 saturated carbocycles. The third kappa shape index (κ3) is 7.96. The van der Waals surface area contributed by atoms with Crippen molar-refractivity contribution in [3.63, 3.8) is 0 Å². The van der Waals surface area contributed by atoms with Gasteiger partial charge in [-0.1, -0.05) is 60.3 Å². The maximum absolute atomic E-state index is 13.9. The zero-order chi connectivity index (χ0) is 29.4. The van der Waals surface area contributed by atoms with Gasteiger partial charge in [-0.3, -0.25) is 13.9 Å². The van der Waals surface area contributed by atoms with Gasteiger partial charge in [-0.05, 0) is 74.4 Å². The van der Waals surface area contributed by atoms with Gasteiger partial charge in [0.15, 0.2) is 0 Å². The first-order valence-corrected chi connectivity index (χ1v) is 15.0. The van der Waals surface area contributed by atoms with Crippen LogP contribution in [-0.4, -0.2) is 44.3 Å². The number of unbranched alkanes of at least 4 members (excludes halogenated alkanes) is 1. The molecule has 0 spiro atoms. The number of anilines is 1. The number of carbonyl (C=O) groups excluding carboxylic acids is 2. The van der Waals surface area contributed by atoms with E-state index in [0.29, 0.717) is 22.2 Å². The molecule has 0 aromatic heterocycles. The highest BCUT2D eigenvalue weighted by atomic mass is 35.5.